The highest BCUT2D eigenvalue weighted by Crippen LogP contribution is 2.49. The van der Waals surface area contributed by atoms with Crippen LogP contribution < -0.4 is 20.1 Å². The number of carbonyl (C=O) groups excluding carboxylic acids is 1. The second kappa shape index (κ2) is 9.37. The number of amides is 1. The number of benzene rings is 2. The summed E-state index contributed by atoms with van der Waals surface area (Å²) >= 11 is 0. The maximum absolute atomic E-state index is 13.6. The number of hydrogen-bond donors (Lipinski definition) is 2. The van der Waals surface area contributed by atoms with Gasteiger partial charge in [0.1, 0.15) is 17.6 Å². The summed E-state index contributed by atoms with van der Waals surface area (Å²) < 4.78 is 11.9. The zero-order chi connectivity index (χ0) is 24.7. The van der Waals surface area contributed by atoms with E-state index in [2.05, 4.69) is 26.6 Å². The van der Waals surface area contributed by atoms with Crippen LogP contribution in [-0.2, 0) is 5.54 Å². The Balaban J connectivity index is 1.21. The van der Waals surface area contributed by atoms with E-state index in [0.29, 0.717) is 11.6 Å². The standard InChI is InChI=1S/C29H34N4O3/c1-19-5-7-21(36-22-8-6-20-17-30-12-13-33(20)18-22)14-25(19)28(34)32-29(9-10-29)26-15-23(35-2)16-27-24(26)4-3-11-31-27/h3-5,7,11,14-16,20,22,30H,6,8-10,12-13,17-18H2,1-2H3,(H,32,34)/t20-,22+/m1/s1. The van der Waals surface area contributed by atoms with E-state index in [9.17, 15) is 4.79 Å². The zero-order valence-corrected chi connectivity index (χ0v) is 21.0. The van der Waals surface area contributed by atoms with Crippen molar-refractivity contribution in [1.82, 2.24) is 20.5 Å². The first-order chi connectivity index (χ1) is 17.5. The zero-order valence-electron chi connectivity index (χ0n) is 21.0. The van der Waals surface area contributed by atoms with E-state index in [1.54, 1.807) is 13.3 Å². The third kappa shape index (κ3) is 4.42. The number of aromatic nitrogens is 1. The highest BCUT2D eigenvalue weighted by Gasteiger charge is 2.47. The monoisotopic (exact) mass is 486 g/mol. The molecule has 3 heterocycles. The second-order valence-corrected chi connectivity index (χ2v) is 10.4. The van der Waals surface area contributed by atoms with Gasteiger partial charge < -0.3 is 20.1 Å². The Morgan fingerprint density at radius 1 is 1.17 bits per heavy atom. The first kappa shape index (κ1) is 23.3. The molecule has 3 aliphatic rings. The molecule has 7 heteroatoms. The summed E-state index contributed by atoms with van der Waals surface area (Å²) in [6.07, 6.45) is 5.90. The molecule has 1 aliphatic carbocycles. The number of rotatable bonds is 6. The van der Waals surface area contributed by atoms with Crippen LogP contribution in [0, 0.1) is 6.92 Å². The van der Waals surface area contributed by atoms with Crippen molar-refractivity contribution in [3.05, 3.63) is 65.4 Å². The minimum absolute atomic E-state index is 0.0684. The van der Waals surface area contributed by atoms with Crippen molar-refractivity contribution in [3.63, 3.8) is 0 Å². The van der Waals surface area contributed by atoms with E-state index in [1.807, 2.05) is 43.3 Å². The van der Waals surface area contributed by atoms with Gasteiger partial charge in [0, 0.05) is 55.4 Å². The lowest BCUT2D eigenvalue weighted by molar-refractivity contribution is 0.0371. The Bertz CT molecular complexity index is 1290. The van der Waals surface area contributed by atoms with Gasteiger partial charge >= 0.3 is 0 Å². The van der Waals surface area contributed by atoms with E-state index >= 15 is 0 Å². The van der Waals surface area contributed by atoms with Gasteiger partial charge in [0.25, 0.3) is 5.91 Å². The Morgan fingerprint density at radius 2 is 2.06 bits per heavy atom. The molecule has 6 rings (SSSR count). The van der Waals surface area contributed by atoms with Gasteiger partial charge in [-0.1, -0.05) is 12.1 Å². The Morgan fingerprint density at radius 3 is 2.89 bits per heavy atom. The van der Waals surface area contributed by atoms with Crippen LogP contribution in [0.3, 0.4) is 0 Å². The maximum atomic E-state index is 13.6. The second-order valence-electron chi connectivity index (χ2n) is 10.4. The SMILES string of the molecule is COc1cc(C2(NC(=O)c3cc(O[C@H]4CC[C@@H]5CNCCN5C4)ccc3C)CC2)c2cccnc2c1. The topological polar surface area (TPSA) is 75.7 Å². The number of hydrogen-bond acceptors (Lipinski definition) is 6. The molecule has 7 nitrogen and oxygen atoms in total. The van der Waals surface area contributed by atoms with E-state index in [0.717, 1.165) is 85.4 Å². The summed E-state index contributed by atoms with van der Waals surface area (Å²) in [5.41, 5.74) is 3.14. The molecule has 2 atom stereocenters. The smallest absolute Gasteiger partial charge is 0.252 e. The van der Waals surface area contributed by atoms with Gasteiger partial charge in [-0.15, -0.1) is 0 Å². The lowest BCUT2D eigenvalue weighted by Gasteiger charge is -2.42. The van der Waals surface area contributed by atoms with Gasteiger partial charge in [-0.25, -0.2) is 0 Å². The number of methoxy groups -OCH3 is 1. The van der Waals surface area contributed by atoms with Gasteiger partial charge in [-0.2, -0.15) is 0 Å². The number of aryl methyl sites for hydroxylation is 1. The molecule has 2 aliphatic heterocycles. The number of ether oxygens (including phenoxy) is 2. The summed E-state index contributed by atoms with van der Waals surface area (Å²) in [7, 11) is 1.66. The van der Waals surface area contributed by atoms with E-state index < -0.39 is 5.54 Å². The maximum Gasteiger partial charge on any atom is 0.252 e. The lowest BCUT2D eigenvalue weighted by atomic mass is 9.97. The number of piperazine rings is 1. The fourth-order valence-electron chi connectivity index (χ4n) is 5.81. The number of pyridine rings is 1. The van der Waals surface area contributed by atoms with Gasteiger partial charge in [-0.3, -0.25) is 14.7 Å². The molecule has 188 valence electrons. The molecule has 1 saturated carbocycles. The fourth-order valence-corrected chi connectivity index (χ4v) is 5.81. The van der Waals surface area contributed by atoms with Crippen molar-refractivity contribution in [2.75, 3.05) is 33.3 Å². The van der Waals surface area contributed by atoms with Crippen molar-refractivity contribution in [3.8, 4) is 11.5 Å². The minimum Gasteiger partial charge on any atom is -0.497 e. The minimum atomic E-state index is -0.406. The number of carbonyl (C=O) groups is 1. The van der Waals surface area contributed by atoms with Gasteiger partial charge in [0.2, 0.25) is 0 Å². The van der Waals surface area contributed by atoms with Crippen LogP contribution in [0.1, 0.15) is 47.2 Å². The molecular weight excluding hydrogens is 452 g/mol. The largest absolute Gasteiger partial charge is 0.497 e. The fraction of sp³-hybridized carbons (Fsp3) is 0.448. The molecular formula is C29H34N4O3. The molecule has 0 unspecified atom stereocenters. The van der Waals surface area contributed by atoms with E-state index in [-0.39, 0.29) is 12.0 Å². The molecule has 3 fully saturated rings. The Labute approximate surface area is 212 Å². The molecule has 3 aromatic rings. The van der Waals surface area contributed by atoms with Crippen LogP contribution in [0.5, 0.6) is 11.5 Å². The molecule has 0 spiro atoms. The summed E-state index contributed by atoms with van der Waals surface area (Å²) in [6, 6.07) is 14.5. The molecule has 1 amide bonds. The first-order valence-corrected chi connectivity index (χ1v) is 13.0. The number of nitrogens with zero attached hydrogens (tertiary/aromatic N) is 2. The highest BCUT2D eigenvalue weighted by molar-refractivity contribution is 5.97. The molecule has 0 radical (unpaired) electrons. The van der Waals surface area contributed by atoms with Gasteiger partial charge in [0.05, 0.1) is 18.2 Å². The average molecular weight is 487 g/mol. The summed E-state index contributed by atoms with van der Waals surface area (Å²) in [5.74, 6) is 1.45. The first-order valence-electron chi connectivity index (χ1n) is 13.0. The van der Waals surface area contributed by atoms with Crippen LogP contribution in [0.2, 0.25) is 0 Å². The normalized spacial score (nSPS) is 23.1. The van der Waals surface area contributed by atoms with Gasteiger partial charge in [-0.05, 0) is 68.0 Å². The number of piperidine rings is 1. The van der Waals surface area contributed by atoms with Gasteiger partial charge in [0.15, 0.2) is 0 Å². The number of nitrogens with one attached hydrogen (secondary N) is 2. The molecule has 1 aromatic heterocycles. The van der Waals surface area contributed by atoms with Crippen molar-refractivity contribution in [2.45, 2.75) is 50.3 Å². The third-order valence-corrected chi connectivity index (χ3v) is 8.04. The van der Waals surface area contributed by atoms with Crippen LogP contribution in [0.15, 0.2) is 48.7 Å². The van der Waals surface area contributed by atoms with Crippen LogP contribution in [0.25, 0.3) is 10.9 Å². The quantitative estimate of drug-likeness (QED) is 0.552. The van der Waals surface area contributed by atoms with Crippen molar-refractivity contribution in [1.29, 1.82) is 0 Å². The Kier molecular flexibility index (Phi) is 6.05. The molecule has 2 aromatic carbocycles. The molecule has 2 N–H and O–H groups in total. The van der Waals surface area contributed by atoms with E-state index in [1.165, 1.54) is 0 Å². The average Bonchev–Trinajstić information content (AvgIpc) is 3.69. The predicted molar refractivity (Wildman–Crippen MR) is 140 cm³/mol. The van der Waals surface area contributed by atoms with E-state index in [4.69, 9.17) is 9.47 Å². The molecule has 36 heavy (non-hydrogen) atoms. The van der Waals surface area contributed by atoms with Crippen LogP contribution in [-0.4, -0.2) is 61.2 Å². The number of fused-ring (bicyclic) bond motifs is 2. The molecule has 0 bridgehead atoms. The summed E-state index contributed by atoms with van der Waals surface area (Å²) in [5, 5.41) is 7.90. The third-order valence-electron chi connectivity index (χ3n) is 8.04. The predicted octanol–water partition coefficient (Wildman–Crippen LogP) is 3.79. The van der Waals surface area contributed by atoms with Crippen LogP contribution in [0.4, 0.5) is 0 Å². The summed E-state index contributed by atoms with van der Waals surface area (Å²) in [4.78, 5) is 20.6. The Hall–Kier alpha value is -3.16. The van der Waals surface area contributed by atoms with Crippen LogP contribution >= 0.6 is 0 Å². The van der Waals surface area contributed by atoms with Crippen molar-refractivity contribution in [2.24, 2.45) is 0 Å². The summed E-state index contributed by atoms with van der Waals surface area (Å²) in [6.45, 7) is 6.11. The molecule has 2 saturated heterocycles. The highest BCUT2D eigenvalue weighted by atomic mass is 16.5. The van der Waals surface area contributed by atoms with Crippen molar-refractivity contribution < 1.29 is 14.3 Å². The van der Waals surface area contributed by atoms with Crippen molar-refractivity contribution >= 4 is 16.8 Å². The lowest BCUT2D eigenvalue weighted by Crippen LogP contribution is -2.56.